The Bertz CT molecular complexity index is 643. The van der Waals surface area contributed by atoms with Crippen molar-refractivity contribution in [2.45, 2.75) is 51.0 Å². The van der Waals surface area contributed by atoms with E-state index in [2.05, 4.69) is 10.3 Å². The zero-order valence-corrected chi connectivity index (χ0v) is 13.9. The van der Waals surface area contributed by atoms with Gasteiger partial charge in [0, 0.05) is 17.0 Å². The van der Waals surface area contributed by atoms with Gasteiger partial charge < -0.3 is 10.4 Å². The summed E-state index contributed by atoms with van der Waals surface area (Å²) in [5, 5.41) is 15.3. The second kappa shape index (κ2) is 7.59. The number of benzene rings is 1. The van der Waals surface area contributed by atoms with E-state index in [4.69, 9.17) is 0 Å². The van der Waals surface area contributed by atoms with Gasteiger partial charge in [-0.2, -0.15) is 0 Å². The Balaban J connectivity index is 1.57. The zero-order valence-electron chi connectivity index (χ0n) is 13.1. The van der Waals surface area contributed by atoms with Crippen molar-refractivity contribution in [1.29, 1.82) is 0 Å². The molecule has 0 bridgehead atoms. The van der Waals surface area contributed by atoms with Gasteiger partial charge in [0.1, 0.15) is 10.8 Å². The molecule has 5 heteroatoms. The minimum absolute atomic E-state index is 0.0689. The molecule has 0 radical (unpaired) electrons. The molecule has 1 aromatic heterocycles. The number of phenolic OH excluding ortho intramolecular Hbond substituents is 1. The Kier molecular flexibility index (Phi) is 5.28. The number of hydrogen-bond donors (Lipinski definition) is 2. The van der Waals surface area contributed by atoms with Crippen molar-refractivity contribution in [2.24, 2.45) is 0 Å². The van der Waals surface area contributed by atoms with Gasteiger partial charge in [0.15, 0.2) is 0 Å². The van der Waals surface area contributed by atoms with Crippen LogP contribution in [0, 0.1) is 0 Å². The maximum absolute atomic E-state index is 12.2. The normalized spacial score (nSPS) is 16.0. The minimum Gasteiger partial charge on any atom is -0.508 e. The minimum atomic E-state index is 0.0689. The molecule has 0 aliphatic heterocycles. The van der Waals surface area contributed by atoms with E-state index in [1.807, 2.05) is 17.5 Å². The predicted octanol–water partition coefficient (Wildman–Crippen LogP) is 3.90. The second-order valence-corrected chi connectivity index (χ2v) is 6.98. The number of nitrogens with one attached hydrogen (secondary N) is 1. The molecule has 1 saturated carbocycles. The molecule has 23 heavy (non-hydrogen) atoms. The highest BCUT2D eigenvalue weighted by molar-refractivity contribution is 7.13. The standard InChI is InChI=1S/C18H22N2O2S/c21-16-9-7-13(8-10-16)18-20-15(12-23-18)11-17(22)19-14-5-3-1-2-4-6-14/h7-10,12,14,21H,1-6,11H2,(H,19,22). The molecule has 1 heterocycles. The number of aromatic nitrogens is 1. The fourth-order valence-electron chi connectivity index (χ4n) is 2.99. The molecule has 4 nitrogen and oxygen atoms in total. The van der Waals surface area contributed by atoms with Crippen molar-refractivity contribution >= 4 is 17.2 Å². The SMILES string of the molecule is O=C(Cc1csc(-c2ccc(O)cc2)n1)NC1CCCCCC1. The lowest BCUT2D eigenvalue weighted by molar-refractivity contribution is -0.121. The number of amides is 1. The molecule has 1 amide bonds. The predicted molar refractivity (Wildman–Crippen MR) is 92.6 cm³/mol. The molecular formula is C18H22N2O2S. The number of rotatable bonds is 4. The van der Waals surface area contributed by atoms with Crippen LogP contribution in [0.3, 0.4) is 0 Å². The molecule has 2 aromatic rings. The van der Waals surface area contributed by atoms with Gasteiger partial charge in [-0.3, -0.25) is 4.79 Å². The first-order valence-corrected chi connectivity index (χ1v) is 9.12. The van der Waals surface area contributed by atoms with Crippen molar-refractivity contribution in [3.8, 4) is 16.3 Å². The summed E-state index contributed by atoms with van der Waals surface area (Å²) in [6, 6.07) is 7.30. The average Bonchev–Trinajstić information content (AvgIpc) is 2.84. The lowest BCUT2D eigenvalue weighted by Crippen LogP contribution is -2.35. The summed E-state index contributed by atoms with van der Waals surface area (Å²) in [5.41, 5.74) is 1.77. The van der Waals surface area contributed by atoms with Crippen molar-refractivity contribution in [2.75, 3.05) is 0 Å². The Morgan fingerprint density at radius 3 is 2.57 bits per heavy atom. The van der Waals surface area contributed by atoms with Crippen molar-refractivity contribution in [1.82, 2.24) is 10.3 Å². The van der Waals surface area contributed by atoms with E-state index in [9.17, 15) is 9.90 Å². The molecule has 2 N–H and O–H groups in total. The van der Waals surface area contributed by atoms with Crippen molar-refractivity contribution in [3.63, 3.8) is 0 Å². The Labute approximate surface area is 140 Å². The van der Waals surface area contributed by atoms with Gasteiger partial charge in [0.2, 0.25) is 5.91 Å². The van der Waals surface area contributed by atoms with Crippen LogP contribution in [-0.4, -0.2) is 22.0 Å². The fourth-order valence-corrected chi connectivity index (χ4v) is 3.82. The van der Waals surface area contributed by atoms with Crippen LogP contribution in [0.2, 0.25) is 0 Å². The molecule has 1 aromatic carbocycles. The maximum atomic E-state index is 12.2. The Morgan fingerprint density at radius 1 is 1.17 bits per heavy atom. The van der Waals surface area contributed by atoms with Gasteiger partial charge >= 0.3 is 0 Å². The number of carbonyl (C=O) groups excluding carboxylic acids is 1. The van der Waals surface area contributed by atoms with Crippen molar-refractivity contribution in [3.05, 3.63) is 35.3 Å². The molecule has 0 atom stereocenters. The topological polar surface area (TPSA) is 62.2 Å². The Hall–Kier alpha value is -1.88. The number of thiazole rings is 1. The summed E-state index contributed by atoms with van der Waals surface area (Å²) in [6.45, 7) is 0. The Morgan fingerprint density at radius 2 is 1.87 bits per heavy atom. The van der Waals surface area contributed by atoms with Crippen molar-refractivity contribution < 1.29 is 9.90 Å². The number of phenols is 1. The summed E-state index contributed by atoms with van der Waals surface area (Å²) < 4.78 is 0. The van der Waals surface area contributed by atoms with E-state index in [1.165, 1.54) is 37.0 Å². The highest BCUT2D eigenvalue weighted by Crippen LogP contribution is 2.25. The number of carbonyl (C=O) groups is 1. The van der Waals surface area contributed by atoms with Crippen LogP contribution in [0.5, 0.6) is 5.75 Å². The molecule has 3 rings (SSSR count). The van der Waals surface area contributed by atoms with Crippen LogP contribution < -0.4 is 5.32 Å². The highest BCUT2D eigenvalue weighted by Gasteiger charge is 2.16. The summed E-state index contributed by atoms with van der Waals surface area (Å²) >= 11 is 1.53. The highest BCUT2D eigenvalue weighted by atomic mass is 32.1. The van der Waals surface area contributed by atoms with Gasteiger partial charge in [-0.1, -0.05) is 25.7 Å². The molecule has 1 fully saturated rings. The van der Waals surface area contributed by atoms with Crippen LogP contribution in [0.15, 0.2) is 29.6 Å². The second-order valence-electron chi connectivity index (χ2n) is 6.12. The fraction of sp³-hybridized carbons (Fsp3) is 0.444. The van der Waals surface area contributed by atoms with Gasteiger partial charge in [0.05, 0.1) is 12.1 Å². The molecular weight excluding hydrogens is 308 g/mol. The van der Waals surface area contributed by atoms with Gasteiger partial charge in [-0.25, -0.2) is 4.98 Å². The average molecular weight is 330 g/mol. The van der Waals surface area contributed by atoms with Gasteiger partial charge in [-0.15, -0.1) is 11.3 Å². The van der Waals surface area contributed by atoms with E-state index in [0.717, 1.165) is 29.1 Å². The summed E-state index contributed by atoms with van der Waals surface area (Å²) in [6.07, 6.45) is 7.54. The number of aromatic hydroxyl groups is 1. The first-order chi connectivity index (χ1) is 11.2. The third-order valence-electron chi connectivity index (χ3n) is 4.23. The molecule has 122 valence electrons. The third kappa shape index (κ3) is 4.55. The third-order valence-corrected chi connectivity index (χ3v) is 5.17. The summed E-state index contributed by atoms with van der Waals surface area (Å²) in [7, 11) is 0. The van der Waals surface area contributed by atoms with Crippen LogP contribution in [-0.2, 0) is 11.2 Å². The van der Waals surface area contributed by atoms with E-state index >= 15 is 0 Å². The van der Waals surface area contributed by atoms with Crippen LogP contribution in [0.25, 0.3) is 10.6 Å². The summed E-state index contributed by atoms with van der Waals surface area (Å²) in [5.74, 6) is 0.313. The molecule has 1 aliphatic rings. The quantitative estimate of drug-likeness (QED) is 0.836. The summed E-state index contributed by atoms with van der Waals surface area (Å²) in [4.78, 5) is 16.7. The van der Waals surface area contributed by atoms with E-state index in [1.54, 1.807) is 12.1 Å². The molecule has 0 spiro atoms. The van der Waals surface area contributed by atoms with Gasteiger partial charge in [0.25, 0.3) is 0 Å². The van der Waals surface area contributed by atoms with E-state index in [-0.39, 0.29) is 11.7 Å². The largest absolute Gasteiger partial charge is 0.508 e. The molecule has 1 aliphatic carbocycles. The molecule has 0 unspecified atom stereocenters. The first-order valence-electron chi connectivity index (χ1n) is 8.24. The molecule has 0 saturated heterocycles. The van der Waals surface area contributed by atoms with Crippen LogP contribution in [0.4, 0.5) is 0 Å². The maximum Gasteiger partial charge on any atom is 0.226 e. The lowest BCUT2D eigenvalue weighted by Gasteiger charge is -2.15. The number of hydrogen-bond acceptors (Lipinski definition) is 4. The van der Waals surface area contributed by atoms with Crippen LogP contribution in [0.1, 0.15) is 44.2 Å². The van der Waals surface area contributed by atoms with E-state index < -0.39 is 0 Å². The first kappa shape index (κ1) is 16.0. The van der Waals surface area contributed by atoms with E-state index in [0.29, 0.717) is 12.5 Å². The van der Waals surface area contributed by atoms with Gasteiger partial charge in [-0.05, 0) is 37.1 Å². The zero-order chi connectivity index (χ0) is 16.1. The monoisotopic (exact) mass is 330 g/mol. The number of nitrogens with zero attached hydrogens (tertiary/aromatic N) is 1. The van der Waals surface area contributed by atoms with Crippen LogP contribution >= 0.6 is 11.3 Å². The smallest absolute Gasteiger partial charge is 0.226 e. The lowest BCUT2D eigenvalue weighted by atomic mass is 10.1.